The molecule has 0 radical (unpaired) electrons. The number of nitrogens with zero attached hydrogens (tertiary/aromatic N) is 4. The molecule has 2 aromatic rings. The Labute approximate surface area is 148 Å². The fraction of sp³-hybridized carbons (Fsp3) is 0.474. The van der Waals surface area contributed by atoms with Gasteiger partial charge in [0.05, 0.1) is 6.10 Å². The van der Waals surface area contributed by atoms with Crippen LogP contribution in [0.15, 0.2) is 48.8 Å². The minimum absolute atomic E-state index is 0.0746. The monoisotopic (exact) mass is 342 g/mol. The smallest absolute Gasteiger partial charge is 0.252 e. The number of aliphatic hydroxyl groups is 1. The minimum atomic E-state index is -0.427. The number of hydrogen-bond donors (Lipinski definition) is 1. The summed E-state index contributed by atoms with van der Waals surface area (Å²) in [5.41, 5.74) is 0.944. The zero-order chi connectivity index (χ0) is 17.6. The van der Waals surface area contributed by atoms with E-state index >= 15 is 0 Å². The lowest BCUT2D eigenvalue weighted by Gasteiger charge is -2.37. The average Bonchev–Trinajstić information content (AvgIpc) is 3.17. The van der Waals surface area contributed by atoms with Crippen molar-refractivity contribution < 1.29 is 9.90 Å². The van der Waals surface area contributed by atoms with Gasteiger partial charge in [-0.15, -0.1) is 0 Å². The van der Waals surface area contributed by atoms with Gasteiger partial charge in [0.2, 0.25) is 0 Å². The first-order valence-corrected chi connectivity index (χ1v) is 8.92. The summed E-state index contributed by atoms with van der Waals surface area (Å²) in [5, 5.41) is 14.1. The van der Waals surface area contributed by atoms with E-state index in [1.54, 1.807) is 10.9 Å². The van der Waals surface area contributed by atoms with E-state index in [0.29, 0.717) is 19.6 Å². The van der Waals surface area contributed by atoms with Crippen LogP contribution < -0.4 is 0 Å². The number of carbonyl (C=O) groups excluding carboxylic acids is 1. The molecule has 0 unspecified atom stereocenters. The molecule has 3 rings (SSSR count). The fourth-order valence-corrected chi connectivity index (χ4v) is 3.23. The topological polar surface area (TPSA) is 61.6 Å². The van der Waals surface area contributed by atoms with Crippen LogP contribution in [0.1, 0.15) is 24.9 Å². The van der Waals surface area contributed by atoms with Crippen molar-refractivity contribution in [3.05, 3.63) is 54.4 Å². The lowest BCUT2D eigenvalue weighted by Crippen LogP contribution is -2.52. The summed E-state index contributed by atoms with van der Waals surface area (Å²) in [4.78, 5) is 17.3. The molecule has 25 heavy (non-hydrogen) atoms. The molecule has 0 bridgehead atoms. The lowest BCUT2D eigenvalue weighted by molar-refractivity contribution is -0.135. The van der Waals surface area contributed by atoms with Crippen molar-refractivity contribution in [2.45, 2.75) is 25.5 Å². The Morgan fingerprint density at radius 2 is 1.88 bits per heavy atom. The highest BCUT2D eigenvalue weighted by molar-refractivity contribution is 5.83. The van der Waals surface area contributed by atoms with Gasteiger partial charge in [0.25, 0.3) is 5.91 Å². The number of hydrogen-bond acceptors (Lipinski definition) is 4. The van der Waals surface area contributed by atoms with Crippen LogP contribution >= 0.6 is 0 Å². The largest absolute Gasteiger partial charge is 0.392 e. The molecule has 1 amide bonds. The second kappa shape index (κ2) is 8.27. The minimum Gasteiger partial charge on any atom is -0.392 e. The van der Waals surface area contributed by atoms with Crippen LogP contribution in [0.25, 0.3) is 0 Å². The van der Waals surface area contributed by atoms with Gasteiger partial charge in [-0.25, -0.2) is 0 Å². The quantitative estimate of drug-likeness (QED) is 0.862. The van der Waals surface area contributed by atoms with Crippen LogP contribution in [0, 0.1) is 0 Å². The number of carbonyl (C=O) groups is 1. The Morgan fingerprint density at radius 1 is 1.16 bits per heavy atom. The molecule has 134 valence electrons. The van der Waals surface area contributed by atoms with E-state index in [1.165, 1.54) is 0 Å². The maximum absolute atomic E-state index is 13.2. The van der Waals surface area contributed by atoms with E-state index < -0.39 is 6.04 Å². The van der Waals surface area contributed by atoms with Gasteiger partial charge in [-0.1, -0.05) is 37.3 Å². The van der Waals surface area contributed by atoms with Gasteiger partial charge in [-0.3, -0.25) is 14.4 Å². The molecule has 1 aliphatic heterocycles. The Kier molecular flexibility index (Phi) is 5.83. The number of benzene rings is 1. The summed E-state index contributed by atoms with van der Waals surface area (Å²) in [6, 6.07) is 11.2. The first kappa shape index (κ1) is 17.6. The first-order chi connectivity index (χ1) is 12.2. The number of aliphatic hydroxyl groups excluding tert-OH is 1. The van der Waals surface area contributed by atoms with Gasteiger partial charge in [-0.2, -0.15) is 5.10 Å². The Bertz CT molecular complexity index is 651. The number of amides is 1. The number of aromatic nitrogens is 2. The lowest BCUT2D eigenvalue weighted by atomic mass is 10.1. The van der Waals surface area contributed by atoms with E-state index in [-0.39, 0.29) is 12.0 Å². The van der Waals surface area contributed by atoms with Crippen molar-refractivity contribution in [1.29, 1.82) is 0 Å². The molecule has 1 N–H and O–H groups in total. The number of β-amino-alcohol motifs (C(OH)–C–C–N with tert-alkyl or cyclic N) is 1. The summed E-state index contributed by atoms with van der Waals surface area (Å²) in [5.74, 6) is 0.0746. The highest BCUT2D eigenvalue weighted by Gasteiger charge is 2.30. The first-order valence-electron chi connectivity index (χ1n) is 8.92. The number of rotatable bonds is 6. The molecule has 0 saturated carbocycles. The van der Waals surface area contributed by atoms with Crippen molar-refractivity contribution in [2.75, 3.05) is 32.7 Å². The molecule has 1 aromatic heterocycles. The molecule has 0 aliphatic carbocycles. The second-order valence-corrected chi connectivity index (χ2v) is 6.49. The molecule has 6 nitrogen and oxygen atoms in total. The molecular formula is C19H26N4O2. The third-order valence-electron chi connectivity index (χ3n) is 4.76. The zero-order valence-electron chi connectivity index (χ0n) is 14.7. The van der Waals surface area contributed by atoms with Crippen molar-refractivity contribution in [1.82, 2.24) is 19.6 Å². The molecule has 2 atom stereocenters. The van der Waals surface area contributed by atoms with Crippen LogP contribution in [-0.2, 0) is 4.79 Å². The second-order valence-electron chi connectivity index (χ2n) is 6.49. The van der Waals surface area contributed by atoms with Crippen LogP contribution in [0.4, 0.5) is 0 Å². The van der Waals surface area contributed by atoms with Gasteiger partial charge in [0.15, 0.2) is 6.04 Å². The van der Waals surface area contributed by atoms with Gasteiger partial charge in [0.1, 0.15) is 0 Å². The Balaban J connectivity index is 1.70. The van der Waals surface area contributed by atoms with Gasteiger partial charge in [-0.05, 0) is 18.1 Å². The Morgan fingerprint density at radius 3 is 2.48 bits per heavy atom. The van der Waals surface area contributed by atoms with E-state index in [1.807, 2.05) is 54.4 Å². The molecular weight excluding hydrogens is 316 g/mol. The van der Waals surface area contributed by atoms with Crippen LogP contribution in [0.5, 0.6) is 0 Å². The third kappa shape index (κ3) is 4.27. The van der Waals surface area contributed by atoms with Crippen LogP contribution in [0.3, 0.4) is 0 Å². The Hall–Kier alpha value is -2.18. The van der Waals surface area contributed by atoms with Crippen molar-refractivity contribution in [2.24, 2.45) is 0 Å². The maximum Gasteiger partial charge on any atom is 0.252 e. The van der Waals surface area contributed by atoms with Crippen molar-refractivity contribution in [3.63, 3.8) is 0 Å². The molecule has 1 aliphatic rings. The fourth-order valence-electron chi connectivity index (χ4n) is 3.23. The predicted molar refractivity (Wildman–Crippen MR) is 96.1 cm³/mol. The molecule has 2 heterocycles. The van der Waals surface area contributed by atoms with Gasteiger partial charge in [0, 0.05) is 45.1 Å². The summed E-state index contributed by atoms with van der Waals surface area (Å²) < 4.78 is 1.73. The average molecular weight is 342 g/mol. The van der Waals surface area contributed by atoms with E-state index in [9.17, 15) is 9.90 Å². The highest BCUT2D eigenvalue weighted by Crippen LogP contribution is 2.21. The SMILES string of the molecule is CC[C@@H](O)CN1CCN(C(=O)[C@H](c2ccccc2)n2cccn2)CC1. The third-order valence-corrected chi connectivity index (χ3v) is 4.76. The molecule has 1 saturated heterocycles. The van der Waals surface area contributed by atoms with Crippen LogP contribution in [0.2, 0.25) is 0 Å². The number of piperazine rings is 1. The molecule has 0 spiro atoms. The maximum atomic E-state index is 13.2. The van der Waals surface area contributed by atoms with E-state index in [0.717, 1.165) is 25.1 Å². The summed E-state index contributed by atoms with van der Waals surface area (Å²) in [6.07, 6.45) is 4.01. The summed E-state index contributed by atoms with van der Waals surface area (Å²) >= 11 is 0. The highest BCUT2D eigenvalue weighted by atomic mass is 16.3. The van der Waals surface area contributed by atoms with Crippen LogP contribution in [-0.4, -0.2) is 69.4 Å². The standard InChI is InChI=1S/C19H26N4O2/c1-2-17(24)15-21-11-13-22(14-12-21)19(25)18(23-10-6-9-20-23)16-7-4-3-5-8-16/h3-10,17-18,24H,2,11-15H2,1H3/t17-,18+/m1/s1. The van der Waals surface area contributed by atoms with Gasteiger partial charge >= 0.3 is 0 Å². The zero-order valence-corrected chi connectivity index (χ0v) is 14.7. The van der Waals surface area contributed by atoms with E-state index in [4.69, 9.17) is 0 Å². The van der Waals surface area contributed by atoms with E-state index in [2.05, 4.69) is 10.00 Å². The molecule has 1 fully saturated rings. The summed E-state index contributed by atoms with van der Waals surface area (Å²) in [7, 11) is 0. The normalized spacial score (nSPS) is 18.1. The molecule has 6 heteroatoms. The summed E-state index contributed by atoms with van der Waals surface area (Å²) in [6.45, 7) is 5.62. The molecule has 1 aromatic carbocycles. The predicted octanol–water partition coefficient (Wildman–Crippen LogP) is 1.39. The van der Waals surface area contributed by atoms with Crippen molar-refractivity contribution in [3.8, 4) is 0 Å². The van der Waals surface area contributed by atoms with Crippen molar-refractivity contribution >= 4 is 5.91 Å². The van der Waals surface area contributed by atoms with Gasteiger partial charge < -0.3 is 10.0 Å².